The smallest absolute Gasteiger partial charge is 0.332 e. The lowest BCUT2D eigenvalue weighted by atomic mass is 9.94. The van der Waals surface area contributed by atoms with Crippen LogP contribution in [0.1, 0.15) is 23.6 Å². The van der Waals surface area contributed by atoms with Crippen molar-refractivity contribution in [2.75, 3.05) is 11.5 Å². The molecule has 2 aliphatic heterocycles. The van der Waals surface area contributed by atoms with Gasteiger partial charge < -0.3 is 9.64 Å². The number of aromatic nitrogens is 1. The molecule has 0 saturated carbocycles. The summed E-state index contributed by atoms with van der Waals surface area (Å²) in [6.45, 7) is 3.79. The minimum atomic E-state index is -4.08. The summed E-state index contributed by atoms with van der Waals surface area (Å²) < 4.78 is 34.8. The number of pyridine rings is 1. The largest absolute Gasteiger partial charge is 0.463 e. The van der Waals surface area contributed by atoms with E-state index in [1.165, 1.54) is 10.4 Å². The van der Waals surface area contributed by atoms with Gasteiger partial charge in [-0.3, -0.25) is 4.98 Å². The zero-order valence-electron chi connectivity index (χ0n) is 22.1. The average molecular weight is 550 g/mol. The number of aryl methyl sites for hydroxylation is 1. The molecule has 0 N–H and O–H groups in total. The molecule has 6 rings (SSSR count). The van der Waals surface area contributed by atoms with Crippen molar-refractivity contribution in [1.29, 1.82) is 0 Å². The highest BCUT2D eigenvalue weighted by molar-refractivity contribution is 7.89. The van der Waals surface area contributed by atoms with Gasteiger partial charge in [-0.05, 0) is 43.7 Å². The third kappa shape index (κ3) is 4.36. The van der Waals surface area contributed by atoms with E-state index in [0.29, 0.717) is 5.70 Å². The molecule has 3 aromatic carbocycles. The molecule has 1 unspecified atom stereocenters. The van der Waals surface area contributed by atoms with Crippen molar-refractivity contribution in [3.05, 3.63) is 126 Å². The average Bonchev–Trinajstić information content (AvgIpc) is 2.97. The van der Waals surface area contributed by atoms with E-state index < -0.39 is 22.0 Å². The van der Waals surface area contributed by atoms with E-state index in [-0.39, 0.29) is 17.2 Å². The SMILES string of the molecule is CCOC(=O)/C=C1\C2C=Cc3c(ccc4cccnc34)N2C(c2ccccc2)=CN1S(=O)(=O)c1ccc(C)cc1. The predicted molar refractivity (Wildman–Crippen MR) is 156 cm³/mol. The summed E-state index contributed by atoms with van der Waals surface area (Å²) in [7, 11) is -4.08. The van der Waals surface area contributed by atoms with Crippen LogP contribution in [0.15, 0.2) is 114 Å². The fraction of sp³-hybridized carbons (Fsp3) is 0.125. The molecule has 1 atom stereocenters. The summed E-state index contributed by atoms with van der Waals surface area (Å²) in [6.07, 6.45) is 8.50. The van der Waals surface area contributed by atoms with Crippen molar-refractivity contribution in [2.45, 2.75) is 24.8 Å². The van der Waals surface area contributed by atoms with Gasteiger partial charge in [0.2, 0.25) is 0 Å². The third-order valence-electron chi connectivity index (χ3n) is 7.03. The first-order valence-electron chi connectivity index (χ1n) is 13.0. The highest BCUT2D eigenvalue weighted by Gasteiger charge is 2.41. The van der Waals surface area contributed by atoms with Crippen molar-refractivity contribution in [3.63, 3.8) is 0 Å². The zero-order chi connectivity index (χ0) is 27.9. The first-order chi connectivity index (χ1) is 19.4. The molecule has 2 aliphatic rings. The van der Waals surface area contributed by atoms with Gasteiger partial charge in [0.25, 0.3) is 10.0 Å². The minimum absolute atomic E-state index is 0.125. The van der Waals surface area contributed by atoms with Crippen LogP contribution in [0.4, 0.5) is 5.69 Å². The Balaban J connectivity index is 1.63. The molecular formula is C32H27N3O4S. The maximum Gasteiger partial charge on any atom is 0.332 e. The molecule has 40 heavy (non-hydrogen) atoms. The third-order valence-corrected chi connectivity index (χ3v) is 8.73. The maximum atomic E-state index is 14.2. The van der Waals surface area contributed by atoms with Gasteiger partial charge in [-0.1, -0.05) is 72.3 Å². The van der Waals surface area contributed by atoms with Gasteiger partial charge in [-0.25, -0.2) is 17.5 Å². The Bertz CT molecular complexity index is 1810. The number of rotatable bonds is 5. The number of carbonyl (C=O) groups excluding carboxylic acids is 1. The summed E-state index contributed by atoms with van der Waals surface area (Å²) in [5.74, 6) is -0.613. The highest BCUT2D eigenvalue weighted by Crippen LogP contribution is 2.45. The second-order valence-corrected chi connectivity index (χ2v) is 11.4. The van der Waals surface area contributed by atoms with Gasteiger partial charge in [-0.15, -0.1) is 0 Å². The van der Waals surface area contributed by atoms with E-state index in [4.69, 9.17) is 4.74 Å². The Morgan fingerprint density at radius 3 is 2.52 bits per heavy atom. The minimum Gasteiger partial charge on any atom is -0.463 e. The summed E-state index contributed by atoms with van der Waals surface area (Å²) in [5.41, 5.74) is 5.32. The van der Waals surface area contributed by atoms with E-state index in [2.05, 4.69) is 9.88 Å². The fourth-order valence-corrected chi connectivity index (χ4v) is 6.54. The first-order valence-corrected chi connectivity index (χ1v) is 14.4. The Morgan fingerprint density at radius 2 is 1.77 bits per heavy atom. The molecule has 7 nitrogen and oxygen atoms in total. The lowest BCUT2D eigenvalue weighted by Crippen LogP contribution is -2.47. The zero-order valence-corrected chi connectivity index (χ0v) is 22.9. The van der Waals surface area contributed by atoms with Crippen molar-refractivity contribution in [2.24, 2.45) is 0 Å². The van der Waals surface area contributed by atoms with Crippen LogP contribution in [0, 0.1) is 6.92 Å². The van der Waals surface area contributed by atoms with E-state index in [1.807, 2.05) is 73.7 Å². The Labute approximate surface area is 233 Å². The number of anilines is 1. The van der Waals surface area contributed by atoms with Crippen LogP contribution in [0.3, 0.4) is 0 Å². The topological polar surface area (TPSA) is 79.8 Å². The van der Waals surface area contributed by atoms with Crippen LogP contribution in [-0.2, 0) is 19.6 Å². The van der Waals surface area contributed by atoms with Crippen LogP contribution in [0.5, 0.6) is 0 Å². The van der Waals surface area contributed by atoms with Crippen molar-refractivity contribution < 1.29 is 17.9 Å². The number of ether oxygens (including phenoxy) is 1. The molecule has 0 amide bonds. The van der Waals surface area contributed by atoms with Gasteiger partial charge in [0.1, 0.15) is 0 Å². The Kier molecular flexibility index (Phi) is 6.48. The Morgan fingerprint density at radius 1 is 1.00 bits per heavy atom. The van der Waals surface area contributed by atoms with Gasteiger partial charge in [-0.2, -0.15) is 0 Å². The number of esters is 1. The molecule has 0 bridgehead atoms. The van der Waals surface area contributed by atoms with Crippen molar-refractivity contribution in [1.82, 2.24) is 9.29 Å². The second kappa shape index (κ2) is 10.1. The standard InChI is InChI=1S/C32H27N3O4S/c1-3-39-31(36)20-29-28-18-16-26-27(17-13-24-10-7-19-33-32(24)26)35(28)30(23-8-5-4-6-9-23)21-34(29)40(37,38)25-14-11-22(2)12-15-25/h4-21,28H,3H2,1-2H3/b29-20+. The second-order valence-electron chi connectivity index (χ2n) is 9.56. The number of benzene rings is 3. The molecule has 0 radical (unpaired) electrons. The van der Waals surface area contributed by atoms with Gasteiger partial charge >= 0.3 is 5.97 Å². The van der Waals surface area contributed by atoms with E-state index in [1.54, 1.807) is 43.6 Å². The van der Waals surface area contributed by atoms with Gasteiger partial charge in [0.05, 0.1) is 40.1 Å². The van der Waals surface area contributed by atoms with E-state index >= 15 is 0 Å². The summed E-state index contributed by atoms with van der Waals surface area (Å²) in [5, 5.41) is 0.998. The summed E-state index contributed by atoms with van der Waals surface area (Å²) in [6, 6.07) is 23.6. The van der Waals surface area contributed by atoms with Crippen LogP contribution in [0.2, 0.25) is 0 Å². The molecule has 3 heterocycles. The number of sulfonamides is 1. The van der Waals surface area contributed by atoms with Crippen molar-refractivity contribution in [3.8, 4) is 0 Å². The molecule has 200 valence electrons. The molecule has 0 spiro atoms. The van der Waals surface area contributed by atoms with Crippen LogP contribution in [-0.4, -0.2) is 36.3 Å². The molecule has 4 aromatic rings. The fourth-order valence-electron chi connectivity index (χ4n) is 5.15. The monoisotopic (exact) mass is 549 g/mol. The lowest BCUT2D eigenvalue weighted by molar-refractivity contribution is -0.137. The molecular weight excluding hydrogens is 522 g/mol. The number of hydrogen-bond donors (Lipinski definition) is 0. The van der Waals surface area contributed by atoms with Crippen LogP contribution >= 0.6 is 0 Å². The Hall–Kier alpha value is -4.69. The molecule has 8 heteroatoms. The highest BCUT2D eigenvalue weighted by atomic mass is 32.2. The quantitative estimate of drug-likeness (QED) is 0.228. The molecule has 0 saturated heterocycles. The van der Waals surface area contributed by atoms with Crippen LogP contribution < -0.4 is 4.90 Å². The summed E-state index contributed by atoms with van der Waals surface area (Å²) in [4.78, 5) is 19.6. The first kappa shape index (κ1) is 25.6. The van der Waals surface area contributed by atoms with Crippen LogP contribution in [0.25, 0.3) is 22.7 Å². The van der Waals surface area contributed by atoms with E-state index in [0.717, 1.165) is 33.3 Å². The van der Waals surface area contributed by atoms with Gasteiger partial charge in [0, 0.05) is 29.4 Å². The predicted octanol–water partition coefficient (Wildman–Crippen LogP) is 5.90. The number of fused-ring (bicyclic) bond motifs is 5. The maximum absolute atomic E-state index is 14.2. The van der Waals surface area contributed by atoms with E-state index in [9.17, 15) is 13.2 Å². The number of nitrogens with zero attached hydrogens (tertiary/aromatic N) is 3. The number of hydrogen-bond acceptors (Lipinski definition) is 6. The molecule has 0 fully saturated rings. The lowest BCUT2D eigenvalue weighted by Gasteiger charge is -2.45. The van der Waals surface area contributed by atoms with Gasteiger partial charge in [0.15, 0.2) is 0 Å². The normalized spacial score (nSPS) is 17.4. The molecule has 0 aliphatic carbocycles. The van der Waals surface area contributed by atoms with Crippen molar-refractivity contribution >= 4 is 44.4 Å². The number of carbonyl (C=O) groups is 1. The summed E-state index contributed by atoms with van der Waals surface area (Å²) >= 11 is 0. The molecule has 1 aromatic heterocycles.